The molecule has 0 spiro atoms. The third kappa shape index (κ3) is 4.40. The highest BCUT2D eigenvalue weighted by molar-refractivity contribution is 5.94. The molecule has 1 amide bonds. The fourth-order valence-corrected chi connectivity index (χ4v) is 3.65. The van der Waals surface area contributed by atoms with Crippen LogP contribution < -0.4 is 10.1 Å². The smallest absolute Gasteiger partial charge is 0.287 e. The van der Waals surface area contributed by atoms with E-state index in [0.717, 1.165) is 19.3 Å². The van der Waals surface area contributed by atoms with Gasteiger partial charge in [0.2, 0.25) is 0 Å². The van der Waals surface area contributed by atoms with Crippen LogP contribution in [0.25, 0.3) is 0 Å². The summed E-state index contributed by atoms with van der Waals surface area (Å²) < 4.78 is 11.3. The summed E-state index contributed by atoms with van der Waals surface area (Å²) in [7, 11) is 0. The Kier molecular flexibility index (Phi) is 5.47. The molecule has 1 unspecified atom stereocenters. The van der Waals surface area contributed by atoms with Crippen molar-refractivity contribution in [1.29, 1.82) is 0 Å². The number of furan rings is 1. The predicted octanol–water partition coefficient (Wildman–Crippen LogP) is 4.87. The van der Waals surface area contributed by atoms with Gasteiger partial charge in [-0.1, -0.05) is 24.3 Å². The molecule has 1 N–H and O–H groups in total. The van der Waals surface area contributed by atoms with Gasteiger partial charge in [0.25, 0.3) is 5.91 Å². The first-order valence-corrected chi connectivity index (χ1v) is 9.81. The Hall–Kier alpha value is -3.34. The van der Waals surface area contributed by atoms with E-state index in [0.29, 0.717) is 17.1 Å². The standard InChI is InChI=1S/C24H23NO4/c1-16(26)17-9-11-19(12-10-17)28-15-20-13-14-23(29-20)24(27)25-22-8-4-6-18-5-2-3-7-21(18)22/h2-3,5,7,9-14,22H,4,6,8,15H2,1H3,(H,25,27). The maximum Gasteiger partial charge on any atom is 0.287 e. The van der Waals surface area contributed by atoms with Crippen molar-refractivity contribution in [1.82, 2.24) is 5.32 Å². The largest absolute Gasteiger partial charge is 0.486 e. The van der Waals surface area contributed by atoms with Crippen LogP contribution in [-0.4, -0.2) is 11.7 Å². The average molecular weight is 389 g/mol. The molecule has 1 atom stereocenters. The van der Waals surface area contributed by atoms with Gasteiger partial charge in [-0.25, -0.2) is 0 Å². The van der Waals surface area contributed by atoms with Gasteiger partial charge in [0.15, 0.2) is 11.5 Å². The number of carbonyl (C=O) groups is 2. The quantitative estimate of drug-likeness (QED) is 0.611. The molecule has 4 rings (SSSR count). The minimum Gasteiger partial charge on any atom is -0.486 e. The van der Waals surface area contributed by atoms with Crippen LogP contribution in [0.5, 0.6) is 5.75 Å². The summed E-state index contributed by atoms with van der Waals surface area (Å²) in [5, 5.41) is 3.09. The highest BCUT2D eigenvalue weighted by atomic mass is 16.5. The Morgan fingerprint density at radius 1 is 1.07 bits per heavy atom. The van der Waals surface area contributed by atoms with Gasteiger partial charge < -0.3 is 14.5 Å². The second-order valence-corrected chi connectivity index (χ2v) is 7.25. The van der Waals surface area contributed by atoms with Crippen LogP contribution in [0, 0.1) is 0 Å². The highest BCUT2D eigenvalue weighted by Gasteiger charge is 2.23. The maximum atomic E-state index is 12.6. The predicted molar refractivity (Wildman–Crippen MR) is 109 cm³/mol. The first-order chi connectivity index (χ1) is 14.1. The fraction of sp³-hybridized carbons (Fsp3) is 0.250. The summed E-state index contributed by atoms with van der Waals surface area (Å²) in [5.41, 5.74) is 3.13. The average Bonchev–Trinajstić information content (AvgIpc) is 3.22. The summed E-state index contributed by atoms with van der Waals surface area (Å²) >= 11 is 0. The van der Waals surface area contributed by atoms with Crippen molar-refractivity contribution in [2.45, 2.75) is 38.8 Å². The summed E-state index contributed by atoms with van der Waals surface area (Å²) in [6.45, 7) is 1.73. The monoisotopic (exact) mass is 389 g/mol. The van der Waals surface area contributed by atoms with Gasteiger partial charge in [-0.05, 0) is 73.7 Å². The lowest BCUT2D eigenvalue weighted by atomic mass is 9.88. The Labute approximate surface area is 169 Å². The highest BCUT2D eigenvalue weighted by Crippen LogP contribution is 2.29. The minimum atomic E-state index is -0.219. The molecule has 1 aliphatic carbocycles. The summed E-state index contributed by atoms with van der Waals surface area (Å²) in [4.78, 5) is 24.0. The fourth-order valence-electron chi connectivity index (χ4n) is 3.65. The second kappa shape index (κ2) is 8.35. The Balaban J connectivity index is 1.36. The molecule has 1 aromatic heterocycles. The second-order valence-electron chi connectivity index (χ2n) is 7.25. The normalized spacial score (nSPS) is 15.4. The molecular formula is C24H23NO4. The lowest BCUT2D eigenvalue weighted by Crippen LogP contribution is -2.30. The lowest BCUT2D eigenvalue weighted by molar-refractivity contribution is 0.0900. The van der Waals surface area contributed by atoms with Gasteiger partial charge in [-0.3, -0.25) is 9.59 Å². The van der Waals surface area contributed by atoms with Crippen molar-refractivity contribution >= 4 is 11.7 Å². The van der Waals surface area contributed by atoms with Crippen LogP contribution in [-0.2, 0) is 13.0 Å². The molecular weight excluding hydrogens is 366 g/mol. The number of benzene rings is 2. The van der Waals surface area contributed by atoms with E-state index in [1.807, 2.05) is 12.1 Å². The summed E-state index contributed by atoms with van der Waals surface area (Å²) in [5.74, 6) is 1.27. The van der Waals surface area contributed by atoms with E-state index in [4.69, 9.17) is 9.15 Å². The maximum absolute atomic E-state index is 12.6. The zero-order chi connectivity index (χ0) is 20.2. The van der Waals surface area contributed by atoms with Crippen LogP contribution in [0.1, 0.15) is 63.6 Å². The molecule has 3 aromatic rings. The zero-order valence-corrected chi connectivity index (χ0v) is 16.3. The van der Waals surface area contributed by atoms with Gasteiger partial charge in [0, 0.05) is 5.56 Å². The van der Waals surface area contributed by atoms with E-state index >= 15 is 0 Å². The lowest BCUT2D eigenvalue weighted by Gasteiger charge is -2.25. The molecule has 0 saturated heterocycles. The van der Waals surface area contributed by atoms with Gasteiger partial charge in [-0.2, -0.15) is 0 Å². The number of carbonyl (C=O) groups excluding carboxylic acids is 2. The Morgan fingerprint density at radius 3 is 2.66 bits per heavy atom. The number of ketones is 1. The van der Waals surface area contributed by atoms with E-state index in [9.17, 15) is 9.59 Å². The van der Waals surface area contributed by atoms with E-state index in [1.54, 1.807) is 36.4 Å². The van der Waals surface area contributed by atoms with Crippen LogP contribution >= 0.6 is 0 Å². The Morgan fingerprint density at radius 2 is 1.86 bits per heavy atom. The molecule has 0 radical (unpaired) electrons. The first-order valence-electron chi connectivity index (χ1n) is 9.81. The van der Waals surface area contributed by atoms with Crippen LogP contribution in [0.4, 0.5) is 0 Å². The summed E-state index contributed by atoms with van der Waals surface area (Å²) in [6.07, 6.45) is 3.04. The van der Waals surface area contributed by atoms with Crippen LogP contribution in [0.15, 0.2) is 65.1 Å². The van der Waals surface area contributed by atoms with Gasteiger partial charge in [0.1, 0.15) is 18.1 Å². The molecule has 1 aliphatic rings. The van der Waals surface area contributed by atoms with Crippen molar-refractivity contribution < 1.29 is 18.7 Å². The third-order valence-electron chi connectivity index (χ3n) is 5.20. The molecule has 29 heavy (non-hydrogen) atoms. The van der Waals surface area contributed by atoms with E-state index in [1.165, 1.54) is 18.1 Å². The molecule has 0 fully saturated rings. The molecule has 0 aliphatic heterocycles. The van der Waals surface area contributed by atoms with Gasteiger partial charge in [0.05, 0.1) is 6.04 Å². The number of hydrogen-bond acceptors (Lipinski definition) is 4. The molecule has 0 bridgehead atoms. The van der Waals surface area contributed by atoms with E-state index in [2.05, 4.69) is 17.4 Å². The van der Waals surface area contributed by atoms with Crippen molar-refractivity contribution in [3.63, 3.8) is 0 Å². The van der Waals surface area contributed by atoms with E-state index < -0.39 is 0 Å². The molecule has 5 nitrogen and oxygen atoms in total. The number of fused-ring (bicyclic) bond motifs is 1. The molecule has 0 saturated carbocycles. The summed E-state index contributed by atoms with van der Waals surface area (Å²) in [6, 6.07) is 18.6. The number of ether oxygens (including phenoxy) is 1. The zero-order valence-electron chi connectivity index (χ0n) is 16.3. The van der Waals surface area contributed by atoms with Crippen molar-refractivity contribution in [2.24, 2.45) is 0 Å². The number of aryl methyl sites for hydroxylation is 1. The third-order valence-corrected chi connectivity index (χ3v) is 5.20. The molecule has 1 heterocycles. The number of hydrogen-bond donors (Lipinski definition) is 1. The van der Waals surface area contributed by atoms with E-state index in [-0.39, 0.29) is 30.1 Å². The topological polar surface area (TPSA) is 68.5 Å². The van der Waals surface area contributed by atoms with Gasteiger partial charge >= 0.3 is 0 Å². The van der Waals surface area contributed by atoms with Crippen molar-refractivity contribution in [3.05, 3.63) is 88.9 Å². The molecule has 2 aromatic carbocycles. The minimum absolute atomic E-state index is 0.0111. The molecule has 148 valence electrons. The van der Waals surface area contributed by atoms with Crippen LogP contribution in [0.2, 0.25) is 0 Å². The first kappa shape index (κ1) is 19.0. The van der Waals surface area contributed by atoms with Crippen LogP contribution in [0.3, 0.4) is 0 Å². The molecule has 5 heteroatoms. The van der Waals surface area contributed by atoms with Crippen molar-refractivity contribution in [2.75, 3.05) is 0 Å². The van der Waals surface area contributed by atoms with Gasteiger partial charge in [-0.15, -0.1) is 0 Å². The number of rotatable bonds is 6. The van der Waals surface area contributed by atoms with Crippen molar-refractivity contribution in [3.8, 4) is 5.75 Å². The SMILES string of the molecule is CC(=O)c1ccc(OCc2ccc(C(=O)NC3CCCc4ccccc43)o2)cc1. The number of amides is 1. The number of Topliss-reactive ketones (excluding diaryl/α,β-unsaturated/α-hetero) is 1. The number of nitrogens with one attached hydrogen (secondary N) is 1. The Bertz CT molecular complexity index is 1020.